The van der Waals surface area contributed by atoms with Gasteiger partial charge < -0.3 is 18.6 Å². The van der Waals surface area contributed by atoms with Crippen molar-refractivity contribution in [2.24, 2.45) is 0 Å². The molecule has 8 nitrogen and oxygen atoms in total. The van der Waals surface area contributed by atoms with Gasteiger partial charge in [0.1, 0.15) is 5.75 Å². The molecule has 0 spiro atoms. The van der Waals surface area contributed by atoms with Gasteiger partial charge in [0.05, 0.1) is 42.7 Å². The van der Waals surface area contributed by atoms with Gasteiger partial charge in [-0.25, -0.2) is 19.6 Å². The molecule has 0 amide bonds. The number of aromatic nitrogens is 3. The van der Waals surface area contributed by atoms with Gasteiger partial charge in [0.15, 0.2) is 5.69 Å². The van der Waals surface area contributed by atoms with E-state index in [1.54, 1.807) is 25.1 Å². The fraction of sp³-hybridized carbons (Fsp3) is 0.143. The Kier molecular flexibility index (Phi) is 4.82. The predicted molar refractivity (Wildman–Crippen MR) is 104 cm³/mol. The van der Waals surface area contributed by atoms with Crippen LogP contribution in [0.3, 0.4) is 0 Å². The van der Waals surface area contributed by atoms with Crippen LogP contribution < -0.4 is 4.74 Å². The van der Waals surface area contributed by atoms with Crippen LogP contribution in [0.1, 0.15) is 27.8 Å². The maximum atomic E-state index is 12.5. The van der Waals surface area contributed by atoms with Gasteiger partial charge in [0, 0.05) is 17.6 Å². The summed E-state index contributed by atoms with van der Waals surface area (Å²) in [5, 5.41) is 0.758. The first-order valence-electron chi connectivity index (χ1n) is 8.90. The number of ether oxygens (including phenoxy) is 3. The van der Waals surface area contributed by atoms with Crippen LogP contribution in [-0.2, 0) is 9.47 Å². The minimum absolute atomic E-state index is 0.0898. The Hall–Kier alpha value is -3.94. The molecule has 0 atom stereocenters. The lowest BCUT2D eigenvalue weighted by Crippen LogP contribution is -2.05. The minimum atomic E-state index is -0.573. The van der Waals surface area contributed by atoms with Crippen LogP contribution in [0.5, 0.6) is 11.6 Å². The van der Waals surface area contributed by atoms with Gasteiger partial charge in [-0.1, -0.05) is 6.07 Å². The molecule has 0 saturated carbocycles. The Morgan fingerprint density at radius 1 is 1.03 bits per heavy atom. The number of hydrogen-bond donors (Lipinski definition) is 0. The zero-order chi connectivity index (χ0) is 20.4. The van der Waals surface area contributed by atoms with E-state index in [0.29, 0.717) is 17.9 Å². The number of carbonyl (C=O) groups excluding carboxylic acids is 2. The van der Waals surface area contributed by atoms with Crippen molar-refractivity contribution in [1.82, 2.24) is 14.4 Å². The maximum absolute atomic E-state index is 12.5. The van der Waals surface area contributed by atoms with Crippen LogP contribution in [0.4, 0.5) is 0 Å². The molecule has 0 aliphatic heterocycles. The Bertz CT molecular complexity index is 1210. The average Bonchev–Trinajstić information content (AvgIpc) is 3.08. The molecule has 0 radical (unpaired) electrons. The second-order valence-electron chi connectivity index (χ2n) is 6.06. The number of hydrogen-bond acceptors (Lipinski definition) is 7. The highest BCUT2D eigenvalue weighted by molar-refractivity contribution is 6.11. The number of fused-ring (bicyclic) bond motifs is 3. The van der Waals surface area contributed by atoms with E-state index in [-0.39, 0.29) is 17.5 Å². The van der Waals surface area contributed by atoms with E-state index in [0.717, 1.165) is 16.4 Å². The van der Waals surface area contributed by atoms with Crippen LogP contribution in [0.2, 0.25) is 0 Å². The van der Waals surface area contributed by atoms with E-state index >= 15 is 0 Å². The molecule has 1 aromatic carbocycles. The van der Waals surface area contributed by atoms with Crippen LogP contribution in [0, 0.1) is 0 Å². The molecule has 3 aromatic heterocycles. The van der Waals surface area contributed by atoms with Crippen molar-refractivity contribution < 1.29 is 23.8 Å². The van der Waals surface area contributed by atoms with Crippen molar-refractivity contribution in [3.8, 4) is 11.6 Å². The monoisotopic (exact) mass is 391 g/mol. The molecule has 0 unspecified atom stereocenters. The summed E-state index contributed by atoms with van der Waals surface area (Å²) in [6, 6.07) is 11.0. The van der Waals surface area contributed by atoms with Crippen molar-refractivity contribution in [3.63, 3.8) is 0 Å². The fourth-order valence-electron chi connectivity index (χ4n) is 3.10. The smallest absolute Gasteiger partial charge is 0.358 e. The van der Waals surface area contributed by atoms with E-state index in [9.17, 15) is 9.59 Å². The third kappa shape index (κ3) is 3.36. The zero-order valence-electron chi connectivity index (χ0n) is 15.8. The predicted octanol–water partition coefficient (Wildman–Crippen LogP) is 3.64. The first-order valence-corrected chi connectivity index (χ1v) is 8.90. The highest BCUT2D eigenvalue weighted by Gasteiger charge is 2.19. The normalized spacial score (nSPS) is 10.8. The lowest BCUT2D eigenvalue weighted by molar-refractivity contribution is 0.0529. The van der Waals surface area contributed by atoms with Crippen molar-refractivity contribution in [2.45, 2.75) is 6.92 Å². The number of esters is 2. The molecule has 0 fully saturated rings. The Morgan fingerprint density at radius 2 is 1.90 bits per heavy atom. The van der Waals surface area contributed by atoms with E-state index in [4.69, 9.17) is 9.47 Å². The number of pyridine rings is 1. The van der Waals surface area contributed by atoms with E-state index in [2.05, 4.69) is 14.7 Å². The van der Waals surface area contributed by atoms with Gasteiger partial charge in [0.25, 0.3) is 0 Å². The third-order valence-corrected chi connectivity index (χ3v) is 4.34. The number of benzene rings is 1. The molecule has 0 N–H and O–H groups in total. The van der Waals surface area contributed by atoms with Gasteiger partial charge in [-0.3, -0.25) is 0 Å². The minimum Gasteiger partial charge on any atom is -0.464 e. The summed E-state index contributed by atoms with van der Waals surface area (Å²) in [6.45, 7) is 2.07. The quantitative estimate of drug-likeness (QED) is 0.480. The van der Waals surface area contributed by atoms with Crippen LogP contribution >= 0.6 is 0 Å². The first-order chi connectivity index (χ1) is 14.1. The SMILES string of the molecule is CCOC(=O)c1c2ccc(Oc3cnc(C(=O)OC)cn3)cc2n2ccccc12. The summed E-state index contributed by atoms with van der Waals surface area (Å²) in [5.41, 5.74) is 2.14. The van der Waals surface area contributed by atoms with Crippen molar-refractivity contribution in [1.29, 1.82) is 0 Å². The van der Waals surface area contributed by atoms with Crippen molar-refractivity contribution in [2.75, 3.05) is 13.7 Å². The standard InChI is InChI=1S/C21H17N3O5/c1-3-28-21(26)19-14-8-7-13(10-17(14)24-9-5-4-6-16(19)24)29-18-12-22-15(11-23-18)20(25)27-2/h4-12H,3H2,1-2H3. The number of methoxy groups -OCH3 is 1. The molecule has 146 valence electrons. The fourth-order valence-corrected chi connectivity index (χ4v) is 3.10. The topological polar surface area (TPSA) is 92.0 Å². The first kappa shape index (κ1) is 18.4. The van der Waals surface area contributed by atoms with E-state index < -0.39 is 5.97 Å². The summed E-state index contributed by atoms with van der Waals surface area (Å²) in [5.74, 6) is -0.208. The van der Waals surface area contributed by atoms with Crippen molar-refractivity contribution >= 4 is 28.4 Å². The van der Waals surface area contributed by atoms with Gasteiger partial charge in [-0.15, -0.1) is 0 Å². The molecule has 29 heavy (non-hydrogen) atoms. The lowest BCUT2D eigenvalue weighted by Gasteiger charge is -2.06. The summed E-state index contributed by atoms with van der Waals surface area (Å²) in [4.78, 5) is 32.0. The molecule has 8 heteroatoms. The average molecular weight is 391 g/mol. The Morgan fingerprint density at radius 3 is 2.62 bits per heavy atom. The summed E-state index contributed by atoms with van der Waals surface area (Å²) >= 11 is 0. The summed E-state index contributed by atoms with van der Waals surface area (Å²) < 4.78 is 17.5. The van der Waals surface area contributed by atoms with Crippen LogP contribution in [-0.4, -0.2) is 40.0 Å². The van der Waals surface area contributed by atoms with E-state index in [1.807, 2.05) is 28.8 Å². The van der Waals surface area contributed by atoms with Crippen molar-refractivity contribution in [3.05, 3.63) is 66.2 Å². The highest BCUT2D eigenvalue weighted by Crippen LogP contribution is 2.31. The second kappa shape index (κ2) is 7.59. The van der Waals surface area contributed by atoms with Crippen LogP contribution in [0.25, 0.3) is 16.4 Å². The Labute approximate surface area is 165 Å². The second-order valence-corrected chi connectivity index (χ2v) is 6.06. The molecule has 0 aliphatic carbocycles. The molecule has 4 rings (SSSR count). The largest absolute Gasteiger partial charge is 0.464 e. The Balaban J connectivity index is 1.74. The molecule has 0 aliphatic rings. The molecule has 0 bridgehead atoms. The lowest BCUT2D eigenvalue weighted by atomic mass is 10.1. The number of nitrogens with zero attached hydrogens (tertiary/aromatic N) is 3. The summed E-state index contributed by atoms with van der Waals surface area (Å²) in [7, 11) is 1.27. The molecule has 0 saturated heterocycles. The molecule has 4 aromatic rings. The summed E-state index contributed by atoms with van der Waals surface area (Å²) in [6.07, 6.45) is 4.50. The highest BCUT2D eigenvalue weighted by atomic mass is 16.5. The number of rotatable bonds is 5. The van der Waals surface area contributed by atoms with Gasteiger partial charge >= 0.3 is 11.9 Å². The van der Waals surface area contributed by atoms with Gasteiger partial charge in [-0.05, 0) is 31.2 Å². The zero-order valence-corrected chi connectivity index (χ0v) is 15.8. The number of carbonyl (C=O) groups is 2. The van der Waals surface area contributed by atoms with Crippen LogP contribution in [0.15, 0.2) is 55.0 Å². The van der Waals surface area contributed by atoms with Gasteiger partial charge in [-0.2, -0.15) is 0 Å². The molecular weight excluding hydrogens is 374 g/mol. The molecule has 3 heterocycles. The molecular formula is C21H17N3O5. The van der Waals surface area contributed by atoms with E-state index in [1.165, 1.54) is 19.5 Å². The maximum Gasteiger partial charge on any atom is 0.358 e. The third-order valence-electron chi connectivity index (χ3n) is 4.34. The van der Waals surface area contributed by atoms with Gasteiger partial charge in [0.2, 0.25) is 5.88 Å².